The van der Waals surface area contributed by atoms with E-state index in [1.165, 1.54) is 36.1 Å². The Labute approximate surface area is 98.7 Å². The average molecular weight is 218 g/mol. The predicted octanol–water partition coefficient (Wildman–Crippen LogP) is 2.88. The summed E-state index contributed by atoms with van der Waals surface area (Å²) in [7, 11) is 4.25. The molecule has 0 aromatic heterocycles. The summed E-state index contributed by atoms with van der Waals surface area (Å²) < 4.78 is 0. The Kier molecular flexibility index (Phi) is 3.49. The Morgan fingerprint density at radius 1 is 1.25 bits per heavy atom. The zero-order valence-electron chi connectivity index (χ0n) is 10.6. The molecule has 1 saturated heterocycles. The number of nitrogens with one attached hydrogen (secondary N) is 1. The van der Waals surface area contributed by atoms with Crippen molar-refractivity contribution in [2.45, 2.75) is 32.2 Å². The van der Waals surface area contributed by atoms with Crippen LogP contribution in [-0.2, 0) is 0 Å². The molecule has 2 rings (SSSR count). The van der Waals surface area contributed by atoms with Crippen molar-refractivity contribution in [1.82, 2.24) is 5.32 Å². The number of hydrogen-bond donors (Lipinski definition) is 1. The van der Waals surface area contributed by atoms with Gasteiger partial charge in [-0.25, -0.2) is 0 Å². The molecule has 0 aliphatic carbocycles. The zero-order valence-corrected chi connectivity index (χ0v) is 10.6. The normalized spacial score (nSPS) is 20.8. The SMILES string of the molecule is Cc1cccc(N(C)C)c1C1CCCCN1. The van der Waals surface area contributed by atoms with Gasteiger partial charge in [0.1, 0.15) is 0 Å². The van der Waals surface area contributed by atoms with Gasteiger partial charge < -0.3 is 10.2 Å². The first kappa shape index (κ1) is 11.5. The van der Waals surface area contributed by atoms with Crippen molar-refractivity contribution >= 4 is 5.69 Å². The van der Waals surface area contributed by atoms with Gasteiger partial charge in [-0.2, -0.15) is 0 Å². The molecule has 1 heterocycles. The number of piperidine rings is 1. The molecule has 1 unspecified atom stereocenters. The highest BCUT2D eigenvalue weighted by Crippen LogP contribution is 2.32. The van der Waals surface area contributed by atoms with Crippen LogP contribution in [0.1, 0.15) is 36.4 Å². The molecule has 1 aliphatic heterocycles. The summed E-state index contributed by atoms with van der Waals surface area (Å²) in [6.07, 6.45) is 3.93. The van der Waals surface area contributed by atoms with Crippen LogP contribution in [0.5, 0.6) is 0 Å². The Morgan fingerprint density at radius 3 is 2.69 bits per heavy atom. The van der Waals surface area contributed by atoms with Crippen LogP contribution < -0.4 is 10.2 Å². The van der Waals surface area contributed by atoms with E-state index in [2.05, 4.69) is 49.4 Å². The van der Waals surface area contributed by atoms with Crippen molar-refractivity contribution in [2.75, 3.05) is 25.5 Å². The van der Waals surface area contributed by atoms with Crippen molar-refractivity contribution < 1.29 is 0 Å². The molecule has 0 spiro atoms. The number of rotatable bonds is 2. The van der Waals surface area contributed by atoms with Crippen LogP contribution in [0.15, 0.2) is 18.2 Å². The van der Waals surface area contributed by atoms with E-state index >= 15 is 0 Å². The largest absolute Gasteiger partial charge is 0.377 e. The molecular weight excluding hydrogens is 196 g/mol. The Bertz CT molecular complexity index is 352. The van der Waals surface area contributed by atoms with Gasteiger partial charge in [-0.3, -0.25) is 0 Å². The Balaban J connectivity index is 2.36. The van der Waals surface area contributed by atoms with E-state index in [4.69, 9.17) is 0 Å². The first-order chi connectivity index (χ1) is 7.70. The molecule has 1 aliphatic rings. The summed E-state index contributed by atoms with van der Waals surface area (Å²) in [5, 5.41) is 3.64. The van der Waals surface area contributed by atoms with Crippen LogP contribution in [0.4, 0.5) is 5.69 Å². The van der Waals surface area contributed by atoms with E-state index in [1.807, 2.05) is 0 Å². The van der Waals surface area contributed by atoms with E-state index in [0.717, 1.165) is 6.54 Å². The molecule has 1 atom stereocenters. The van der Waals surface area contributed by atoms with Gasteiger partial charge in [-0.1, -0.05) is 18.6 Å². The summed E-state index contributed by atoms with van der Waals surface area (Å²) in [5.41, 5.74) is 4.26. The van der Waals surface area contributed by atoms with Crippen molar-refractivity contribution in [1.29, 1.82) is 0 Å². The maximum absolute atomic E-state index is 3.64. The minimum Gasteiger partial charge on any atom is -0.377 e. The van der Waals surface area contributed by atoms with Gasteiger partial charge in [0.05, 0.1) is 0 Å². The molecule has 2 heteroatoms. The van der Waals surface area contributed by atoms with E-state index < -0.39 is 0 Å². The quantitative estimate of drug-likeness (QED) is 0.821. The van der Waals surface area contributed by atoms with E-state index in [0.29, 0.717) is 6.04 Å². The summed E-state index contributed by atoms with van der Waals surface area (Å²) in [6.45, 7) is 3.38. The highest BCUT2D eigenvalue weighted by Gasteiger charge is 2.20. The summed E-state index contributed by atoms with van der Waals surface area (Å²) in [6, 6.07) is 7.14. The molecule has 1 N–H and O–H groups in total. The smallest absolute Gasteiger partial charge is 0.0412 e. The second kappa shape index (κ2) is 4.88. The number of aryl methyl sites for hydroxylation is 1. The van der Waals surface area contributed by atoms with Crippen molar-refractivity contribution in [3.63, 3.8) is 0 Å². The van der Waals surface area contributed by atoms with Gasteiger partial charge in [0.2, 0.25) is 0 Å². The standard InChI is InChI=1S/C14H22N2/c1-11-7-6-9-13(16(2)3)14(11)12-8-4-5-10-15-12/h6-7,9,12,15H,4-5,8,10H2,1-3H3. The second-order valence-corrected chi connectivity index (χ2v) is 4.90. The fourth-order valence-corrected chi connectivity index (χ4v) is 2.61. The maximum Gasteiger partial charge on any atom is 0.0412 e. The van der Waals surface area contributed by atoms with Crippen LogP contribution in [0, 0.1) is 6.92 Å². The maximum atomic E-state index is 3.64. The van der Waals surface area contributed by atoms with Gasteiger partial charge in [0, 0.05) is 25.8 Å². The average Bonchev–Trinajstić information content (AvgIpc) is 2.29. The van der Waals surface area contributed by atoms with Gasteiger partial charge in [0.15, 0.2) is 0 Å². The first-order valence-corrected chi connectivity index (χ1v) is 6.20. The molecular formula is C14H22N2. The van der Waals surface area contributed by atoms with Crippen LogP contribution in [0.2, 0.25) is 0 Å². The molecule has 2 nitrogen and oxygen atoms in total. The van der Waals surface area contributed by atoms with Gasteiger partial charge >= 0.3 is 0 Å². The number of anilines is 1. The lowest BCUT2D eigenvalue weighted by Crippen LogP contribution is -2.29. The van der Waals surface area contributed by atoms with Crippen LogP contribution in [-0.4, -0.2) is 20.6 Å². The molecule has 1 fully saturated rings. The van der Waals surface area contributed by atoms with Gasteiger partial charge in [-0.15, -0.1) is 0 Å². The Morgan fingerprint density at radius 2 is 2.06 bits per heavy atom. The highest BCUT2D eigenvalue weighted by molar-refractivity contribution is 5.57. The van der Waals surface area contributed by atoms with Crippen molar-refractivity contribution in [3.05, 3.63) is 29.3 Å². The van der Waals surface area contributed by atoms with Gasteiger partial charge in [-0.05, 0) is 43.5 Å². The van der Waals surface area contributed by atoms with Crippen molar-refractivity contribution in [2.24, 2.45) is 0 Å². The minimum absolute atomic E-state index is 0.548. The van der Waals surface area contributed by atoms with Crippen molar-refractivity contribution in [3.8, 4) is 0 Å². The first-order valence-electron chi connectivity index (χ1n) is 6.20. The van der Waals surface area contributed by atoms with Crippen LogP contribution in [0.3, 0.4) is 0 Å². The van der Waals surface area contributed by atoms with Crippen LogP contribution >= 0.6 is 0 Å². The van der Waals surface area contributed by atoms with Crippen LogP contribution in [0.25, 0.3) is 0 Å². The summed E-state index contributed by atoms with van der Waals surface area (Å²) in [4.78, 5) is 2.22. The summed E-state index contributed by atoms with van der Waals surface area (Å²) >= 11 is 0. The lowest BCUT2D eigenvalue weighted by molar-refractivity contribution is 0.411. The van der Waals surface area contributed by atoms with E-state index in [1.54, 1.807) is 0 Å². The molecule has 0 amide bonds. The lowest BCUT2D eigenvalue weighted by Gasteiger charge is -2.29. The molecule has 88 valence electrons. The summed E-state index contributed by atoms with van der Waals surface area (Å²) in [5.74, 6) is 0. The number of benzene rings is 1. The molecule has 1 aromatic rings. The lowest BCUT2D eigenvalue weighted by atomic mass is 9.92. The third-order valence-corrected chi connectivity index (χ3v) is 3.44. The third-order valence-electron chi connectivity index (χ3n) is 3.44. The number of nitrogens with zero attached hydrogens (tertiary/aromatic N) is 1. The fourth-order valence-electron chi connectivity index (χ4n) is 2.61. The highest BCUT2D eigenvalue weighted by atomic mass is 15.1. The molecule has 0 saturated carbocycles. The minimum atomic E-state index is 0.548. The molecule has 16 heavy (non-hydrogen) atoms. The fraction of sp³-hybridized carbons (Fsp3) is 0.571. The Hall–Kier alpha value is -1.02. The molecule has 1 aromatic carbocycles. The predicted molar refractivity (Wildman–Crippen MR) is 70.1 cm³/mol. The monoisotopic (exact) mass is 218 g/mol. The van der Waals surface area contributed by atoms with E-state index in [9.17, 15) is 0 Å². The van der Waals surface area contributed by atoms with Gasteiger partial charge in [0.25, 0.3) is 0 Å². The third kappa shape index (κ3) is 2.22. The molecule has 0 radical (unpaired) electrons. The molecule has 0 bridgehead atoms. The zero-order chi connectivity index (χ0) is 11.5. The number of hydrogen-bond acceptors (Lipinski definition) is 2. The van der Waals surface area contributed by atoms with E-state index in [-0.39, 0.29) is 0 Å². The second-order valence-electron chi connectivity index (χ2n) is 4.90. The topological polar surface area (TPSA) is 15.3 Å².